The summed E-state index contributed by atoms with van der Waals surface area (Å²) in [5.74, 6) is -0.264. The van der Waals surface area contributed by atoms with Crippen molar-refractivity contribution in [3.8, 4) is 0 Å². The maximum Gasteiger partial charge on any atom is 0.340 e. The molecule has 0 aliphatic heterocycles. The van der Waals surface area contributed by atoms with E-state index in [9.17, 15) is 9.59 Å². The highest BCUT2D eigenvalue weighted by Gasteiger charge is 2.14. The average Bonchev–Trinajstić information content (AvgIpc) is 2.62. The van der Waals surface area contributed by atoms with Gasteiger partial charge in [-0.05, 0) is 43.0 Å². The Morgan fingerprint density at radius 3 is 2.50 bits per heavy atom. The lowest BCUT2D eigenvalue weighted by Gasteiger charge is -2.17. The van der Waals surface area contributed by atoms with E-state index in [1.165, 1.54) is 0 Å². The first-order valence-corrected chi connectivity index (χ1v) is 8.83. The van der Waals surface area contributed by atoms with Gasteiger partial charge in [-0.25, -0.2) is 4.79 Å². The number of carbonyl (C=O) groups is 2. The fourth-order valence-corrected chi connectivity index (χ4v) is 2.73. The zero-order chi connectivity index (χ0) is 19.1. The van der Waals surface area contributed by atoms with E-state index in [0.717, 1.165) is 16.8 Å². The predicted octanol–water partition coefficient (Wildman–Crippen LogP) is 4.35. The van der Waals surface area contributed by atoms with E-state index in [1.807, 2.05) is 25.1 Å². The van der Waals surface area contributed by atoms with E-state index in [4.69, 9.17) is 4.74 Å². The standard InChI is InChI=1S/C21H26N2O3/c1-5-26-21(25)17-10-6-7-12-18(17)22-13-19(24)23-20-15(4)9-8-11-16(20)14(2)3/h6-12,14,22H,5,13H2,1-4H3,(H,23,24). The van der Waals surface area contributed by atoms with Gasteiger partial charge in [0, 0.05) is 11.4 Å². The number of esters is 1. The summed E-state index contributed by atoms with van der Waals surface area (Å²) in [6.45, 7) is 8.29. The minimum atomic E-state index is -0.406. The van der Waals surface area contributed by atoms with Gasteiger partial charge >= 0.3 is 5.97 Å². The van der Waals surface area contributed by atoms with Crippen LogP contribution >= 0.6 is 0 Å². The molecule has 0 fully saturated rings. The molecule has 2 aromatic rings. The first-order valence-electron chi connectivity index (χ1n) is 8.83. The summed E-state index contributed by atoms with van der Waals surface area (Å²) in [6.07, 6.45) is 0. The molecule has 26 heavy (non-hydrogen) atoms. The third-order valence-electron chi connectivity index (χ3n) is 4.05. The molecule has 0 unspecified atom stereocenters. The zero-order valence-electron chi connectivity index (χ0n) is 15.8. The van der Waals surface area contributed by atoms with Crippen molar-refractivity contribution in [3.05, 3.63) is 59.2 Å². The van der Waals surface area contributed by atoms with Crippen molar-refractivity contribution in [1.82, 2.24) is 0 Å². The van der Waals surface area contributed by atoms with Crippen molar-refractivity contribution >= 4 is 23.3 Å². The maximum absolute atomic E-state index is 12.4. The van der Waals surface area contributed by atoms with Crippen molar-refractivity contribution in [1.29, 1.82) is 0 Å². The van der Waals surface area contributed by atoms with Crippen LogP contribution in [0.15, 0.2) is 42.5 Å². The highest BCUT2D eigenvalue weighted by atomic mass is 16.5. The summed E-state index contributed by atoms with van der Waals surface area (Å²) < 4.78 is 5.05. The molecule has 0 spiro atoms. The van der Waals surface area contributed by atoms with E-state index < -0.39 is 5.97 Å². The Hall–Kier alpha value is -2.82. The number of hydrogen-bond acceptors (Lipinski definition) is 4. The van der Waals surface area contributed by atoms with Gasteiger partial charge < -0.3 is 15.4 Å². The van der Waals surface area contributed by atoms with Gasteiger partial charge in [-0.15, -0.1) is 0 Å². The maximum atomic E-state index is 12.4. The molecule has 0 aliphatic rings. The monoisotopic (exact) mass is 354 g/mol. The van der Waals surface area contributed by atoms with E-state index in [1.54, 1.807) is 31.2 Å². The van der Waals surface area contributed by atoms with Crippen molar-refractivity contribution < 1.29 is 14.3 Å². The number of benzene rings is 2. The Morgan fingerprint density at radius 2 is 1.81 bits per heavy atom. The van der Waals surface area contributed by atoms with Crippen LogP contribution in [0.1, 0.15) is 48.2 Å². The highest BCUT2D eigenvalue weighted by Crippen LogP contribution is 2.27. The molecule has 2 N–H and O–H groups in total. The molecule has 2 aromatic carbocycles. The lowest BCUT2D eigenvalue weighted by molar-refractivity contribution is -0.114. The van der Waals surface area contributed by atoms with Gasteiger partial charge in [0.05, 0.1) is 18.7 Å². The van der Waals surface area contributed by atoms with Crippen molar-refractivity contribution in [3.63, 3.8) is 0 Å². The van der Waals surface area contributed by atoms with Gasteiger partial charge in [-0.3, -0.25) is 4.79 Å². The normalized spacial score (nSPS) is 10.5. The fourth-order valence-electron chi connectivity index (χ4n) is 2.73. The largest absolute Gasteiger partial charge is 0.462 e. The topological polar surface area (TPSA) is 67.4 Å². The highest BCUT2D eigenvalue weighted by molar-refractivity contribution is 5.98. The third-order valence-corrected chi connectivity index (χ3v) is 4.05. The van der Waals surface area contributed by atoms with Gasteiger partial charge in [0.25, 0.3) is 0 Å². The summed E-state index contributed by atoms with van der Waals surface area (Å²) in [5, 5.41) is 6.01. The van der Waals surface area contributed by atoms with E-state index in [0.29, 0.717) is 23.8 Å². The zero-order valence-corrected chi connectivity index (χ0v) is 15.8. The summed E-state index contributed by atoms with van der Waals surface area (Å²) in [7, 11) is 0. The number of anilines is 2. The molecule has 0 saturated heterocycles. The van der Waals surface area contributed by atoms with Crippen molar-refractivity contribution in [2.75, 3.05) is 23.8 Å². The predicted molar refractivity (Wildman–Crippen MR) is 105 cm³/mol. The number of amides is 1. The van der Waals surface area contributed by atoms with Gasteiger partial charge in [-0.2, -0.15) is 0 Å². The quantitative estimate of drug-likeness (QED) is 0.726. The first kappa shape index (κ1) is 19.5. The second kappa shape index (κ2) is 9.04. The second-order valence-electron chi connectivity index (χ2n) is 6.36. The SMILES string of the molecule is CCOC(=O)c1ccccc1NCC(=O)Nc1c(C)cccc1C(C)C. The molecule has 0 aromatic heterocycles. The van der Waals surface area contributed by atoms with E-state index in [2.05, 4.69) is 24.5 Å². The van der Waals surface area contributed by atoms with Crippen LogP contribution in [0.4, 0.5) is 11.4 Å². The minimum Gasteiger partial charge on any atom is -0.462 e. The molecular formula is C21H26N2O3. The van der Waals surface area contributed by atoms with Crippen LogP contribution in [0.2, 0.25) is 0 Å². The molecule has 0 atom stereocenters. The molecule has 5 nitrogen and oxygen atoms in total. The van der Waals surface area contributed by atoms with E-state index >= 15 is 0 Å². The Kier molecular flexibility index (Phi) is 6.78. The van der Waals surface area contributed by atoms with Crippen LogP contribution in [0, 0.1) is 6.92 Å². The molecule has 0 heterocycles. The molecule has 0 aliphatic carbocycles. The number of nitrogens with one attached hydrogen (secondary N) is 2. The van der Waals surface area contributed by atoms with E-state index in [-0.39, 0.29) is 12.5 Å². The van der Waals surface area contributed by atoms with Crippen LogP contribution < -0.4 is 10.6 Å². The van der Waals surface area contributed by atoms with Gasteiger partial charge in [0.15, 0.2) is 0 Å². The molecule has 2 rings (SSSR count). The molecule has 138 valence electrons. The molecule has 1 amide bonds. The van der Waals surface area contributed by atoms with Gasteiger partial charge in [-0.1, -0.05) is 44.2 Å². The molecule has 5 heteroatoms. The Morgan fingerprint density at radius 1 is 1.08 bits per heavy atom. The number of ether oxygens (including phenoxy) is 1. The second-order valence-corrected chi connectivity index (χ2v) is 6.36. The summed E-state index contributed by atoms with van der Waals surface area (Å²) >= 11 is 0. The van der Waals surface area contributed by atoms with Gasteiger partial charge in [0.2, 0.25) is 5.91 Å². The third kappa shape index (κ3) is 4.85. The van der Waals surface area contributed by atoms with Crippen LogP contribution in [-0.2, 0) is 9.53 Å². The molecule has 0 bridgehead atoms. The summed E-state index contributed by atoms with van der Waals surface area (Å²) in [4.78, 5) is 24.4. The van der Waals surface area contributed by atoms with Crippen LogP contribution in [0.3, 0.4) is 0 Å². The number of carbonyl (C=O) groups excluding carboxylic acids is 2. The van der Waals surface area contributed by atoms with Crippen LogP contribution in [-0.4, -0.2) is 25.0 Å². The van der Waals surface area contributed by atoms with Gasteiger partial charge in [0.1, 0.15) is 0 Å². The van der Waals surface area contributed by atoms with Crippen molar-refractivity contribution in [2.45, 2.75) is 33.6 Å². The number of hydrogen-bond donors (Lipinski definition) is 2. The van der Waals surface area contributed by atoms with Crippen LogP contribution in [0.5, 0.6) is 0 Å². The Balaban J connectivity index is 2.08. The fraction of sp³-hybridized carbons (Fsp3) is 0.333. The first-order chi connectivity index (χ1) is 12.4. The molecular weight excluding hydrogens is 328 g/mol. The number of aryl methyl sites for hydroxylation is 1. The Bertz CT molecular complexity index is 785. The van der Waals surface area contributed by atoms with Crippen LogP contribution in [0.25, 0.3) is 0 Å². The molecule has 0 radical (unpaired) electrons. The van der Waals surface area contributed by atoms with Crippen molar-refractivity contribution in [2.24, 2.45) is 0 Å². The lowest BCUT2D eigenvalue weighted by Crippen LogP contribution is -2.24. The Labute approximate surface area is 154 Å². The number of rotatable bonds is 7. The smallest absolute Gasteiger partial charge is 0.340 e. The average molecular weight is 354 g/mol. The molecule has 0 saturated carbocycles. The lowest BCUT2D eigenvalue weighted by atomic mass is 9.98. The minimum absolute atomic E-state index is 0.0578. The summed E-state index contributed by atoms with van der Waals surface area (Å²) in [5.41, 5.74) is 3.98. The number of para-hydroxylation sites is 2. The summed E-state index contributed by atoms with van der Waals surface area (Å²) in [6, 6.07) is 13.0.